The summed E-state index contributed by atoms with van der Waals surface area (Å²) in [4.78, 5) is 2.48. The van der Waals surface area contributed by atoms with E-state index in [-0.39, 0.29) is 0 Å². The summed E-state index contributed by atoms with van der Waals surface area (Å²) in [5.74, 6) is 0. The number of ether oxygens (including phenoxy) is 2. The number of rotatable bonds is 7. The fraction of sp³-hybridized carbons (Fsp3) is 1.00. The van der Waals surface area contributed by atoms with E-state index in [1.54, 1.807) is 0 Å². The molecule has 0 amide bonds. The predicted molar refractivity (Wildman–Crippen MR) is 65.8 cm³/mol. The van der Waals surface area contributed by atoms with E-state index in [1.165, 1.54) is 0 Å². The van der Waals surface area contributed by atoms with Crippen LogP contribution < -0.4 is 5.32 Å². The summed E-state index contributed by atoms with van der Waals surface area (Å²) in [6.07, 6.45) is 1.54. The minimum absolute atomic E-state index is 0.380. The summed E-state index contributed by atoms with van der Waals surface area (Å²) < 4.78 is 10.9. The lowest BCUT2D eigenvalue weighted by Crippen LogP contribution is -2.36. The Bertz CT molecular complexity index is 167. The fourth-order valence-corrected chi connectivity index (χ4v) is 1.93. The first-order valence-electron chi connectivity index (χ1n) is 6.45. The van der Waals surface area contributed by atoms with Crippen molar-refractivity contribution in [1.29, 1.82) is 0 Å². The first-order valence-corrected chi connectivity index (χ1v) is 6.45. The van der Waals surface area contributed by atoms with Crippen LogP contribution in [0.1, 0.15) is 20.3 Å². The van der Waals surface area contributed by atoms with Crippen molar-refractivity contribution in [2.45, 2.75) is 26.4 Å². The van der Waals surface area contributed by atoms with Gasteiger partial charge in [-0.2, -0.15) is 0 Å². The molecule has 96 valence electrons. The first-order chi connectivity index (χ1) is 7.83. The molecule has 1 heterocycles. The Morgan fingerprint density at radius 3 is 3.12 bits per heavy atom. The van der Waals surface area contributed by atoms with Gasteiger partial charge < -0.3 is 14.8 Å². The maximum absolute atomic E-state index is 5.61. The van der Waals surface area contributed by atoms with E-state index in [2.05, 4.69) is 17.1 Å². The number of nitrogens with one attached hydrogen (secondary N) is 1. The normalized spacial score (nSPS) is 23.2. The molecule has 1 aliphatic rings. The summed E-state index contributed by atoms with van der Waals surface area (Å²) in [6, 6.07) is 0. The largest absolute Gasteiger partial charge is 0.380 e. The summed E-state index contributed by atoms with van der Waals surface area (Å²) in [5, 5.41) is 3.40. The maximum atomic E-state index is 5.61. The Labute approximate surface area is 99.3 Å². The van der Waals surface area contributed by atoms with Crippen molar-refractivity contribution in [3.05, 3.63) is 0 Å². The van der Waals surface area contributed by atoms with E-state index >= 15 is 0 Å². The molecule has 0 bridgehead atoms. The van der Waals surface area contributed by atoms with Crippen LogP contribution in [0.2, 0.25) is 0 Å². The highest BCUT2D eigenvalue weighted by molar-refractivity contribution is 4.67. The van der Waals surface area contributed by atoms with Gasteiger partial charge in [-0.1, -0.05) is 0 Å². The molecular formula is C12H26N2O2. The third-order valence-corrected chi connectivity index (χ3v) is 2.77. The highest BCUT2D eigenvalue weighted by Gasteiger charge is 2.13. The van der Waals surface area contributed by atoms with Crippen LogP contribution in [0.15, 0.2) is 0 Å². The zero-order valence-electron chi connectivity index (χ0n) is 10.7. The van der Waals surface area contributed by atoms with Crippen molar-refractivity contribution < 1.29 is 9.47 Å². The second-order valence-corrected chi connectivity index (χ2v) is 4.28. The number of hydrogen-bond acceptors (Lipinski definition) is 4. The molecule has 16 heavy (non-hydrogen) atoms. The van der Waals surface area contributed by atoms with Crippen molar-refractivity contribution in [2.24, 2.45) is 0 Å². The molecule has 0 spiro atoms. The molecule has 0 aromatic heterocycles. The Balaban J connectivity index is 1.98. The van der Waals surface area contributed by atoms with Gasteiger partial charge in [-0.15, -0.1) is 0 Å². The molecule has 4 heteroatoms. The average Bonchev–Trinajstić information content (AvgIpc) is 2.48. The molecule has 1 fully saturated rings. The minimum atomic E-state index is 0.380. The molecule has 0 aliphatic carbocycles. The monoisotopic (exact) mass is 230 g/mol. The lowest BCUT2D eigenvalue weighted by Gasteiger charge is -2.21. The van der Waals surface area contributed by atoms with Crippen LogP contribution in [-0.2, 0) is 9.47 Å². The number of nitrogens with zero attached hydrogens (tertiary/aromatic N) is 1. The van der Waals surface area contributed by atoms with E-state index in [9.17, 15) is 0 Å². The van der Waals surface area contributed by atoms with Gasteiger partial charge in [0.1, 0.15) is 0 Å². The van der Waals surface area contributed by atoms with Crippen LogP contribution in [0.5, 0.6) is 0 Å². The predicted octanol–water partition coefficient (Wildman–Crippen LogP) is 0.723. The van der Waals surface area contributed by atoms with Crippen LogP contribution in [-0.4, -0.2) is 63.5 Å². The lowest BCUT2D eigenvalue weighted by molar-refractivity contribution is 0.0678. The molecule has 0 radical (unpaired) electrons. The molecule has 1 saturated heterocycles. The SMILES string of the molecule is CCOCCNCCN1CCCOC(C)C1. The maximum Gasteiger partial charge on any atom is 0.0673 e. The van der Waals surface area contributed by atoms with E-state index in [0.717, 1.165) is 59.0 Å². The summed E-state index contributed by atoms with van der Waals surface area (Å²) in [7, 11) is 0. The Morgan fingerprint density at radius 1 is 1.44 bits per heavy atom. The van der Waals surface area contributed by atoms with Crippen molar-refractivity contribution in [3.8, 4) is 0 Å². The van der Waals surface area contributed by atoms with Gasteiger partial charge in [0, 0.05) is 45.9 Å². The second-order valence-electron chi connectivity index (χ2n) is 4.28. The van der Waals surface area contributed by atoms with Crippen molar-refractivity contribution in [2.75, 3.05) is 52.5 Å². The van der Waals surface area contributed by atoms with Crippen LogP contribution >= 0.6 is 0 Å². The van der Waals surface area contributed by atoms with Gasteiger partial charge in [0.15, 0.2) is 0 Å². The smallest absolute Gasteiger partial charge is 0.0673 e. The summed E-state index contributed by atoms with van der Waals surface area (Å²) in [6.45, 7) is 12.0. The summed E-state index contributed by atoms with van der Waals surface area (Å²) >= 11 is 0. The molecule has 1 unspecified atom stereocenters. The third kappa shape index (κ3) is 6.43. The standard InChI is InChI=1S/C12H26N2O2/c1-3-15-10-6-13-5-8-14-7-4-9-16-12(2)11-14/h12-13H,3-11H2,1-2H3. The Kier molecular flexibility index (Phi) is 7.76. The second kappa shape index (κ2) is 8.93. The molecular weight excluding hydrogens is 204 g/mol. The fourth-order valence-electron chi connectivity index (χ4n) is 1.93. The Morgan fingerprint density at radius 2 is 2.31 bits per heavy atom. The van der Waals surface area contributed by atoms with Crippen molar-refractivity contribution in [1.82, 2.24) is 10.2 Å². The van der Waals surface area contributed by atoms with E-state index in [0.29, 0.717) is 6.10 Å². The minimum Gasteiger partial charge on any atom is -0.380 e. The van der Waals surface area contributed by atoms with Crippen LogP contribution in [0.3, 0.4) is 0 Å². The lowest BCUT2D eigenvalue weighted by atomic mass is 10.3. The van der Waals surface area contributed by atoms with Crippen molar-refractivity contribution >= 4 is 0 Å². The zero-order chi connectivity index (χ0) is 11.6. The highest BCUT2D eigenvalue weighted by atomic mass is 16.5. The average molecular weight is 230 g/mol. The highest BCUT2D eigenvalue weighted by Crippen LogP contribution is 2.04. The zero-order valence-corrected chi connectivity index (χ0v) is 10.7. The molecule has 0 aromatic carbocycles. The van der Waals surface area contributed by atoms with E-state index < -0.39 is 0 Å². The van der Waals surface area contributed by atoms with Gasteiger partial charge in [-0.25, -0.2) is 0 Å². The van der Waals surface area contributed by atoms with Gasteiger partial charge in [-0.05, 0) is 20.3 Å². The van der Waals surface area contributed by atoms with E-state index in [4.69, 9.17) is 9.47 Å². The molecule has 0 aromatic rings. The van der Waals surface area contributed by atoms with Gasteiger partial charge >= 0.3 is 0 Å². The molecule has 0 saturated carbocycles. The Hall–Kier alpha value is -0.160. The van der Waals surface area contributed by atoms with Crippen molar-refractivity contribution in [3.63, 3.8) is 0 Å². The van der Waals surface area contributed by atoms with Crippen LogP contribution in [0.25, 0.3) is 0 Å². The molecule has 1 atom stereocenters. The topological polar surface area (TPSA) is 33.7 Å². The molecule has 4 nitrogen and oxygen atoms in total. The molecule has 1 rings (SSSR count). The first kappa shape index (κ1) is 13.9. The van der Waals surface area contributed by atoms with Crippen LogP contribution in [0, 0.1) is 0 Å². The van der Waals surface area contributed by atoms with Gasteiger partial charge in [0.2, 0.25) is 0 Å². The third-order valence-electron chi connectivity index (χ3n) is 2.77. The quantitative estimate of drug-likeness (QED) is 0.654. The molecule has 1 aliphatic heterocycles. The van der Waals surface area contributed by atoms with E-state index in [1.807, 2.05) is 6.92 Å². The van der Waals surface area contributed by atoms with Gasteiger partial charge in [-0.3, -0.25) is 4.90 Å². The summed E-state index contributed by atoms with van der Waals surface area (Å²) in [5.41, 5.74) is 0. The van der Waals surface area contributed by atoms with Gasteiger partial charge in [0.05, 0.1) is 12.7 Å². The van der Waals surface area contributed by atoms with Crippen LogP contribution in [0.4, 0.5) is 0 Å². The number of hydrogen-bond donors (Lipinski definition) is 1. The van der Waals surface area contributed by atoms with Gasteiger partial charge in [0.25, 0.3) is 0 Å². The molecule has 1 N–H and O–H groups in total.